The first-order chi connectivity index (χ1) is 10.3. The average molecular weight is 313 g/mol. The molecule has 0 aliphatic heterocycles. The number of rotatable bonds is 6. The zero-order valence-corrected chi connectivity index (χ0v) is 12.2. The molecule has 0 fully saturated rings. The monoisotopic (exact) mass is 313 g/mol. The van der Waals surface area contributed by atoms with Crippen LogP contribution in [0.5, 0.6) is 0 Å². The lowest BCUT2D eigenvalue weighted by molar-refractivity contribution is -0.160. The molecule has 2 heterocycles. The van der Waals surface area contributed by atoms with Crippen LogP contribution < -0.4 is 11.3 Å². The molecule has 0 aliphatic carbocycles. The van der Waals surface area contributed by atoms with Crippen molar-refractivity contribution in [2.24, 2.45) is 0 Å². The number of H-pyrrole nitrogens is 1. The van der Waals surface area contributed by atoms with Gasteiger partial charge in [-0.25, -0.2) is 4.98 Å². The summed E-state index contributed by atoms with van der Waals surface area (Å²) in [7, 11) is 1.36. The predicted molar refractivity (Wildman–Crippen MR) is 76.9 cm³/mol. The van der Waals surface area contributed by atoms with Gasteiger partial charge in [0.05, 0.1) is 11.9 Å². The molecule has 0 radical (unpaired) electrons. The van der Waals surface area contributed by atoms with Crippen molar-refractivity contribution in [2.45, 2.75) is 31.3 Å². The Kier molecular flexibility index (Phi) is 4.47. The highest BCUT2D eigenvalue weighted by Gasteiger charge is 2.39. The Balaban J connectivity index is 2.45. The van der Waals surface area contributed by atoms with Gasteiger partial charge in [-0.3, -0.25) is 14.3 Å². The van der Waals surface area contributed by atoms with Crippen LogP contribution in [0.3, 0.4) is 0 Å². The number of aliphatic hydroxyl groups excluding tert-OH is 3. The number of ether oxygens (including phenoxy) is 1. The van der Waals surface area contributed by atoms with Crippen molar-refractivity contribution in [2.75, 3.05) is 19.5 Å². The smallest absolute Gasteiger partial charge is 0.280 e. The summed E-state index contributed by atoms with van der Waals surface area (Å²) in [6, 6.07) is 0. The van der Waals surface area contributed by atoms with Crippen LogP contribution in [0.25, 0.3) is 11.2 Å². The van der Waals surface area contributed by atoms with Crippen LogP contribution in [-0.4, -0.2) is 60.3 Å². The molecule has 0 saturated heterocycles. The molecule has 0 bridgehead atoms. The van der Waals surface area contributed by atoms with Gasteiger partial charge in [0.1, 0.15) is 6.10 Å². The number of aromatic nitrogens is 4. The van der Waals surface area contributed by atoms with Crippen molar-refractivity contribution in [1.82, 2.24) is 19.5 Å². The molecule has 1 unspecified atom stereocenters. The summed E-state index contributed by atoms with van der Waals surface area (Å²) in [4.78, 5) is 21.8. The van der Waals surface area contributed by atoms with E-state index in [-0.39, 0.29) is 30.1 Å². The molecule has 0 aromatic carbocycles. The maximum atomic E-state index is 11.7. The molecule has 6 N–H and O–H groups in total. The second-order valence-corrected chi connectivity index (χ2v) is 5.12. The molecule has 2 aromatic heterocycles. The summed E-state index contributed by atoms with van der Waals surface area (Å²) < 4.78 is 6.33. The molecule has 0 aliphatic rings. The quantitative estimate of drug-likeness (QED) is 0.423. The van der Waals surface area contributed by atoms with Gasteiger partial charge in [-0.1, -0.05) is 0 Å². The Morgan fingerprint density at radius 2 is 2.23 bits per heavy atom. The molecule has 10 heteroatoms. The van der Waals surface area contributed by atoms with Crippen LogP contribution in [0.4, 0.5) is 5.95 Å². The summed E-state index contributed by atoms with van der Waals surface area (Å²) in [6.07, 6.45) is -1.61. The Bertz CT molecular complexity index is 713. The number of nitrogens with two attached hydrogens (primary N) is 1. The minimum atomic E-state index is -1.49. The molecular formula is C12H19N5O5. The van der Waals surface area contributed by atoms with Gasteiger partial charge >= 0.3 is 0 Å². The first kappa shape index (κ1) is 16.4. The molecule has 122 valence electrons. The van der Waals surface area contributed by atoms with Gasteiger partial charge in [-0.05, 0) is 6.92 Å². The van der Waals surface area contributed by atoms with E-state index in [1.54, 1.807) is 6.92 Å². The first-order valence-corrected chi connectivity index (χ1v) is 6.58. The number of anilines is 1. The number of nitrogen functional groups attached to an aromatic ring is 1. The van der Waals surface area contributed by atoms with Crippen molar-refractivity contribution in [1.29, 1.82) is 0 Å². The van der Waals surface area contributed by atoms with E-state index in [4.69, 9.17) is 15.6 Å². The summed E-state index contributed by atoms with van der Waals surface area (Å²) in [5, 5.41) is 29.8. The second-order valence-electron chi connectivity index (χ2n) is 5.12. The van der Waals surface area contributed by atoms with Crippen molar-refractivity contribution < 1.29 is 20.1 Å². The van der Waals surface area contributed by atoms with Gasteiger partial charge < -0.3 is 25.8 Å². The molecule has 10 nitrogen and oxygen atoms in total. The van der Waals surface area contributed by atoms with Gasteiger partial charge in [-0.2, -0.15) is 4.98 Å². The van der Waals surface area contributed by atoms with Gasteiger partial charge in [0.2, 0.25) is 5.95 Å². The fourth-order valence-electron chi connectivity index (χ4n) is 2.20. The fraction of sp³-hybridized carbons (Fsp3) is 0.583. The summed E-state index contributed by atoms with van der Waals surface area (Å²) in [5.74, 6) is -0.134. The predicted octanol–water partition coefficient (Wildman–Crippen LogP) is -1.66. The van der Waals surface area contributed by atoms with E-state index in [0.29, 0.717) is 0 Å². The van der Waals surface area contributed by atoms with Gasteiger partial charge in [0.25, 0.3) is 5.56 Å². The van der Waals surface area contributed by atoms with Gasteiger partial charge in [0.15, 0.2) is 17.4 Å². The molecule has 2 rings (SSSR count). The molecule has 2 aromatic rings. The number of fused-ring (bicyclic) bond motifs is 1. The van der Waals surface area contributed by atoms with E-state index in [9.17, 15) is 15.0 Å². The Morgan fingerprint density at radius 1 is 1.55 bits per heavy atom. The van der Waals surface area contributed by atoms with Crippen LogP contribution in [0.1, 0.15) is 19.6 Å². The molecule has 0 saturated carbocycles. The molecular weight excluding hydrogens is 294 g/mol. The molecule has 0 spiro atoms. The third kappa shape index (κ3) is 2.68. The summed E-state index contributed by atoms with van der Waals surface area (Å²) >= 11 is 0. The number of nitrogens with one attached hydrogen (secondary N) is 1. The highest BCUT2D eigenvalue weighted by Crippen LogP contribution is 2.27. The highest BCUT2D eigenvalue weighted by molar-refractivity contribution is 5.70. The SMILES string of the molecule is COC(C)(CCO)[C@@H](O)[C@@H](O)n1cnc2c(=O)[nH]c(N)nc21. The van der Waals surface area contributed by atoms with Gasteiger partial charge in [0, 0.05) is 20.1 Å². The van der Waals surface area contributed by atoms with Crippen molar-refractivity contribution in [3.63, 3.8) is 0 Å². The lowest BCUT2D eigenvalue weighted by Gasteiger charge is -2.35. The van der Waals surface area contributed by atoms with Crippen LogP contribution in [0.15, 0.2) is 11.1 Å². The number of nitrogens with zero attached hydrogens (tertiary/aromatic N) is 3. The second kappa shape index (κ2) is 6.01. The number of aromatic amines is 1. The third-order valence-electron chi connectivity index (χ3n) is 3.72. The number of hydrogen-bond donors (Lipinski definition) is 5. The van der Waals surface area contributed by atoms with E-state index in [1.165, 1.54) is 13.4 Å². The van der Waals surface area contributed by atoms with E-state index < -0.39 is 23.5 Å². The maximum Gasteiger partial charge on any atom is 0.280 e. The van der Waals surface area contributed by atoms with Crippen LogP contribution in [-0.2, 0) is 4.74 Å². The van der Waals surface area contributed by atoms with Crippen molar-refractivity contribution in [3.05, 3.63) is 16.7 Å². The zero-order valence-electron chi connectivity index (χ0n) is 12.2. The Hall–Kier alpha value is -2.01. The lowest BCUT2D eigenvalue weighted by atomic mass is 9.93. The standard InChI is InChI=1S/C12H19N5O5/c1-12(22-2,3-4-18)7(19)10(21)17-5-14-6-8(17)15-11(13)16-9(6)20/h5,7,10,18-19,21H,3-4H2,1-2H3,(H3,13,15,16,20)/t7-,10+,12?/m0/s1. The first-order valence-electron chi connectivity index (χ1n) is 6.58. The van der Waals surface area contributed by atoms with E-state index in [2.05, 4.69) is 15.0 Å². The normalized spacial score (nSPS) is 17.3. The van der Waals surface area contributed by atoms with E-state index in [0.717, 1.165) is 4.57 Å². The summed E-state index contributed by atoms with van der Waals surface area (Å²) in [5.41, 5.74) is 3.76. The topological polar surface area (TPSA) is 160 Å². The van der Waals surface area contributed by atoms with Crippen LogP contribution in [0.2, 0.25) is 0 Å². The van der Waals surface area contributed by atoms with Crippen LogP contribution >= 0.6 is 0 Å². The van der Waals surface area contributed by atoms with E-state index in [1.807, 2.05) is 0 Å². The third-order valence-corrected chi connectivity index (χ3v) is 3.72. The summed E-state index contributed by atoms with van der Waals surface area (Å²) in [6.45, 7) is 1.31. The molecule has 3 atom stereocenters. The molecule has 22 heavy (non-hydrogen) atoms. The number of methoxy groups -OCH3 is 1. The van der Waals surface area contributed by atoms with Crippen molar-refractivity contribution in [3.8, 4) is 0 Å². The number of aliphatic hydroxyl groups is 3. The fourth-order valence-corrected chi connectivity index (χ4v) is 2.20. The van der Waals surface area contributed by atoms with Crippen molar-refractivity contribution >= 4 is 17.1 Å². The Labute approximate surface area is 125 Å². The number of imidazole rings is 1. The van der Waals surface area contributed by atoms with Gasteiger partial charge in [-0.15, -0.1) is 0 Å². The number of hydrogen-bond acceptors (Lipinski definition) is 8. The minimum absolute atomic E-state index is 0.0123. The lowest BCUT2D eigenvalue weighted by Crippen LogP contribution is -2.47. The largest absolute Gasteiger partial charge is 0.396 e. The zero-order chi connectivity index (χ0) is 16.5. The van der Waals surface area contributed by atoms with Crippen LogP contribution in [0, 0.1) is 0 Å². The minimum Gasteiger partial charge on any atom is -0.396 e. The maximum absolute atomic E-state index is 11.7. The molecule has 0 amide bonds. The van der Waals surface area contributed by atoms with E-state index >= 15 is 0 Å². The highest BCUT2D eigenvalue weighted by atomic mass is 16.5. The Morgan fingerprint density at radius 3 is 2.82 bits per heavy atom. The average Bonchev–Trinajstić information content (AvgIpc) is 2.89.